The Morgan fingerprint density at radius 3 is 2.22 bits per heavy atom. The summed E-state index contributed by atoms with van der Waals surface area (Å²) in [6.07, 6.45) is 0.988. The van der Waals surface area contributed by atoms with E-state index in [1.807, 2.05) is 0 Å². The van der Waals surface area contributed by atoms with E-state index in [0.29, 0.717) is 12.5 Å². The zero-order chi connectivity index (χ0) is 14.2. The third kappa shape index (κ3) is 4.19. The monoisotopic (exact) mass is 258 g/mol. The van der Waals surface area contributed by atoms with Crippen molar-refractivity contribution in [3.05, 3.63) is 0 Å². The topological polar surface area (TPSA) is 56.5 Å². The largest absolute Gasteiger partial charge is 0.374 e. The Morgan fingerprint density at radius 2 is 1.89 bits per heavy atom. The SMILES string of the molecule is CC(C)(C)OCC(NN)C1CC(C)(C)OC1(C)C. The van der Waals surface area contributed by atoms with Crippen molar-refractivity contribution >= 4 is 0 Å². The molecule has 0 saturated carbocycles. The molecule has 1 saturated heterocycles. The first-order chi connectivity index (χ1) is 7.97. The van der Waals surface area contributed by atoms with Crippen molar-refractivity contribution in [2.75, 3.05) is 6.61 Å². The van der Waals surface area contributed by atoms with E-state index in [9.17, 15) is 0 Å². The van der Waals surface area contributed by atoms with Gasteiger partial charge in [-0.2, -0.15) is 0 Å². The van der Waals surface area contributed by atoms with Crippen molar-refractivity contribution in [3.8, 4) is 0 Å². The van der Waals surface area contributed by atoms with Gasteiger partial charge in [0.25, 0.3) is 0 Å². The van der Waals surface area contributed by atoms with Gasteiger partial charge in [-0.25, -0.2) is 0 Å². The van der Waals surface area contributed by atoms with E-state index in [2.05, 4.69) is 53.9 Å². The van der Waals surface area contributed by atoms with Crippen LogP contribution in [0.2, 0.25) is 0 Å². The Labute approximate surface area is 112 Å². The standard InChI is InChI=1S/C14H30N2O2/c1-12(2,3)17-9-11(16-15)10-8-13(4,5)18-14(10,6)7/h10-11,16H,8-9,15H2,1-7H3. The molecule has 3 N–H and O–H groups in total. The number of hydrogen-bond donors (Lipinski definition) is 2. The van der Waals surface area contributed by atoms with Gasteiger partial charge in [-0.15, -0.1) is 0 Å². The highest BCUT2D eigenvalue weighted by Crippen LogP contribution is 2.43. The fourth-order valence-corrected chi connectivity index (χ4v) is 2.85. The molecule has 1 aliphatic heterocycles. The van der Waals surface area contributed by atoms with Gasteiger partial charge in [0.1, 0.15) is 0 Å². The van der Waals surface area contributed by atoms with Crippen LogP contribution >= 0.6 is 0 Å². The highest BCUT2D eigenvalue weighted by atomic mass is 16.5. The molecule has 2 atom stereocenters. The second kappa shape index (κ2) is 5.08. The van der Waals surface area contributed by atoms with Crippen molar-refractivity contribution in [1.29, 1.82) is 0 Å². The zero-order valence-corrected chi connectivity index (χ0v) is 13.0. The molecule has 0 spiro atoms. The Bertz CT molecular complexity index is 282. The Kier molecular flexibility index (Phi) is 4.49. The van der Waals surface area contributed by atoms with Crippen molar-refractivity contribution in [2.45, 2.75) is 77.7 Å². The van der Waals surface area contributed by atoms with Crippen LogP contribution in [-0.4, -0.2) is 29.5 Å². The Balaban J connectivity index is 2.71. The molecule has 2 unspecified atom stereocenters. The van der Waals surface area contributed by atoms with Gasteiger partial charge < -0.3 is 9.47 Å². The summed E-state index contributed by atoms with van der Waals surface area (Å²) in [4.78, 5) is 0. The van der Waals surface area contributed by atoms with E-state index in [1.54, 1.807) is 0 Å². The number of rotatable bonds is 4. The van der Waals surface area contributed by atoms with E-state index in [4.69, 9.17) is 15.3 Å². The highest BCUT2D eigenvalue weighted by Gasteiger charge is 2.49. The van der Waals surface area contributed by atoms with E-state index < -0.39 is 0 Å². The summed E-state index contributed by atoms with van der Waals surface area (Å²) in [5, 5.41) is 0. The summed E-state index contributed by atoms with van der Waals surface area (Å²) < 4.78 is 12.0. The molecule has 0 aliphatic carbocycles. The summed E-state index contributed by atoms with van der Waals surface area (Å²) in [7, 11) is 0. The number of ether oxygens (including phenoxy) is 2. The molecule has 1 aliphatic rings. The lowest BCUT2D eigenvalue weighted by molar-refractivity contribution is -0.0857. The van der Waals surface area contributed by atoms with Gasteiger partial charge in [0.2, 0.25) is 0 Å². The summed E-state index contributed by atoms with van der Waals surface area (Å²) in [5.41, 5.74) is 2.49. The number of nitrogens with one attached hydrogen (secondary N) is 1. The maximum Gasteiger partial charge on any atom is 0.0679 e. The van der Waals surface area contributed by atoms with E-state index in [0.717, 1.165) is 6.42 Å². The molecule has 108 valence electrons. The molecule has 18 heavy (non-hydrogen) atoms. The lowest BCUT2D eigenvalue weighted by Crippen LogP contribution is -2.50. The minimum Gasteiger partial charge on any atom is -0.374 e. The van der Waals surface area contributed by atoms with Crippen molar-refractivity contribution in [2.24, 2.45) is 11.8 Å². The first-order valence-corrected chi connectivity index (χ1v) is 6.77. The average Bonchev–Trinajstić information content (AvgIpc) is 2.34. The zero-order valence-electron chi connectivity index (χ0n) is 13.0. The van der Waals surface area contributed by atoms with Gasteiger partial charge in [-0.1, -0.05) is 0 Å². The van der Waals surface area contributed by atoms with Gasteiger partial charge in [-0.05, 0) is 54.9 Å². The van der Waals surface area contributed by atoms with Crippen LogP contribution in [0.1, 0.15) is 54.9 Å². The molecule has 0 aromatic heterocycles. The van der Waals surface area contributed by atoms with Crippen molar-refractivity contribution in [1.82, 2.24) is 5.43 Å². The third-order valence-electron chi connectivity index (χ3n) is 3.54. The third-order valence-corrected chi connectivity index (χ3v) is 3.54. The molecule has 0 amide bonds. The van der Waals surface area contributed by atoms with Crippen LogP contribution in [0.5, 0.6) is 0 Å². The predicted octanol–water partition coefficient (Wildman–Crippen LogP) is 2.23. The molecule has 0 radical (unpaired) electrons. The molecule has 0 aromatic rings. The van der Waals surface area contributed by atoms with Crippen LogP contribution in [0.25, 0.3) is 0 Å². The minimum absolute atomic E-state index is 0.0923. The van der Waals surface area contributed by atoms with Gasteiger partial charge >= 0.3 is 0 Å². The summed E-state index contributed by atoms with van der Waals surface area (Å²) in [6, 6.07) is 0.112. The molecule has 1 rings (SSSR count). The van der Waals surface area contributed by atoms with Crippen LogP contribution in [-0.2, 0) is 9.47 Å². The van der Waals surface area contributed by atoms with Gasteiger partial charge in [0, 0.05) is 5.92 Å². The first-order valence-electron chi connectivity index (χ1n) is 6.77. The molecule has 4 nitrogen and oxygen atoms in total. The summed E-state index contributed by atoms with van der Waals surface area (Å²) in [6.45, 7) is 15.3. The lowest BCUT2D eigenvalue weighted by Gasteiger charge is -2.34. The van der Waals surface area contributed by atoms with Gasteiger partial charge in [0.05, 0.1) is 29.5 Å². The second-order valence-electron chi connectivity index (χ2n) is 7.47. The first kappa shape index (κ1) is 15.9. The molecular weight excluding hydrogens is 228 g/mol. The number of hydrogen-bond acceptors (Lipinski definition) is 4. The second-order valence-corrected chi connectivity index (χ2v) is 7.47. The molecule has 0 bridgehead atoms. The lowest BCUT2D eigenvalue weighted by atomic mass is 9.82. The maximum absolute atomic E-state index is 6.11. The molecule has 4 heteroatoms. The van der Waals surface area contributed by atoms with Crippen LogP contribution in [0.3, 0.4) is 0 Å². The number of hydrazine groups is 1. The average molecular weight is 258 g/mol. The predicted molar refractivity (Wildman–Crippen MR) is 74.2 cm³/mol. The van der Waals surface area contributed by atoms with Crippen LogP contribution in [0.15, 0.2) is 0 Å². The van der Waals surface area contributed by atoms with Gasteiger partial charge in [-0.3, -0.25) is 11.3 Å². The van der Waals surface area contributed by atoms with Crippen molar-refractivity contribution < 1.29 is 9.47 Å². The highest BCUT2D eigenvalue weighted by molar-refractivity contribution is 4.99. The molecular formula is C14H30N2O2. The molecule has 0 aromatic carbocycles. The number of nitrogens with two attached hydrogens (primary N) is 1. The van der Waals surface area contributed by atoms with E-state index >= 15 is 0 Å². The minimum atomic E-state index is -0.179. The normalized spacial score (nSPS) is 28.3. The quantitative estimate of drug-likeness (QED) is 0.600. The van der Waals surface area contributed by atoms with Crippen LogP contribution in [0, 0.1) is 5.92 Å². The maximum atomic E-state index is 6.11. The molecule has 1 fully saturated rings. The smallest absolute Gasteiger partial charge is 0.0679 e. The van der Waals surface area contributed by atoms with Crippen LogP contribution in [0.4, 0.5) is 0 Å². The Morgan fingerprint density at radius 1 is 1.33 bits per heavy atom. The molecule has 1 heterocycles. The van der Waals surface area contributed by atoms with E-state index in [-0.39, 0.29) is 22.8 Å². The van der Waals surface area contributed by atoms with Gasteiger partial charge in [0.15, 0.2) is 0 Å². The fraction of sp³-hybridized carbons (Fsp3) is 1.00. The fourth-order valence-electron chi connectivity index (χ4n) is 2.85. The van der Waals surface area contributed by atoms with E-state index in [1.165, 1.54) is 0 Å². The summed E-state index contributed by atoms with van der Waals surface area (Å²) >= 11 is 0. The summed E-state index contributed by atoms with van der Waals surface area (Å²) in [5.74, 6) is 6.05. The van der Waals surface area contributed by atoms with Crippen LogP contribution < -0.4 is 11.3 Å². The Hall–Kier alpha value is -0.160. The van der Waals surface area contributed by atoms with Crippen molar-refractivity contribution in [3.63, 3.8) is 0 Å².